The van der Waals surface area contributed by atoms with Crippen molar-refractivity contribution in [3.05, 3.63) is 29.0 Å². The lowest BCUT2D eigenvalue weighted by atomic mass is 10.3. The molecule has 15 heavy (non-hydrogen) atoms. The molecule has 1 aliphatic heterocycles. The second-order valence-corrected chi connectivity index (χ2v) is 5.02. The van der Waals surface area contributed by atoms with E-state index in [1.54, 1.807) is 11.3 Å². The van der Waals surface area contributed by atoms with E-state index < -0.39 is 0 Å². The van der Waals surface area contributed by atoms with Crippen molar-refractivity contribution >= 4 is 11.3 Å². The SMILES string of the molecule is Cc1ncc(-c2ccc3n2CCNC3)s1. The van der Waals surface area contributed by atoms with Crippen LogP contribution < -0.4 is 5.32 Å². The molecule has 3 nitrogen and oxygen atoms in total. The lowest BCUT2D eigenvalue weighted by Gasteiger charge is -2.18. The van der Waals surface area contributed by atoms with Gasteiger partial charge in [-0.3, -0.25) is 0 Å². The molecule has 0 amide bonds. The predicted octanol–water partition coefficient (Wildman–Crippen LogP) is 2.02. The van der Waals surface area contributed by atoms with Gasteiger partial charge in [0.1, 0.15) is 0 Å². The highest BCUT2D eigenvalue weighted by molar-refractivity contribution is 7.15. The Hall–Kier alpha value is -1.13. The zero-order valence-corrected chi connectivity index (χ0v) is 9.47. The van der Waals surface area contributed by atoms with Crippen molar-refractivity contribution in [3.63, 3.8) is 0 Å². The molecule has 0 unspecified atom stereocenters. The Morgan fingerprint density at radius 1 is 1.47 bits per heavy atom. The normalized spacial score (nSPS) is 15.3. The van der Waals surface area contributed by atoms with Crippen LogP contribution in [-0.2, 0) is 13.1 Å². The highest BCUT2D eigenvalue weighted by atomic mass is 32.1. The van der Waals surface area contributed by atoms with Crippen molar-refractivity contribution in [2.75, 3.05) is 6.54 Å². The molecule has 0 saturated heterocycles. The Labute approximate surface area is 92.8 Å². The molecule has 0 radical (unpaired) electrons. The first-order valence-electron chi connectivity index (χ1n) is 5.16. The number of hydrogen-bond donors (Lipinski definition) is 1. The zero-order valence-electron chi connectivity index (χ0n) is 8.66. The third kappa shape index (κ3) is 1.50. The summed E-state index contributed by atoms with van der Waals surface area (Å²) in [6.07, 6.45) is 1.98. The Kier molecular flexibility index (Phi) is 2.11. The van der Waals surface area contributed by atoms with Crippen LogP contribution in [0.25, 0.3) is 10.6 Å². The molecule has 0 aliphatic carbocycles. The van der Waals surface area contributed by atoms with Crippen LogP contribution in [-0.4, -0.2) is 16.1 Å². The van der Waals surface area contributed by atoms with E-state index >= 15 is 0 Å². The van der Waals surface area contributed by atoms with Gasteiger partial charge in [0.15, 0.2) is 0 Å². The van der Waals surface area contributed by atoms with Gasteiger partial charge in [0.2, 0.25) is 0 Å². The quantitative estimate of drug-likeness (QED) is 0.795. The molecule has 0 fully saturated rings. The van der Waals surface area contributed by atoms with Crippen LogP contribution in [0.15, 0.2) is 18.3 Å². The highest BCUT2D eigenvalue weighted by Gasteiger charge is 2.14. The lowest BCUT2D eigenvalue weighted by molar-refractivity contribution is 0.520. The molecule has 2 aromatic heterocycles. The van der Waals surface area contributed by atoms with Crippen LogP contribution in [0.1, 0.15) is 10.7 Å². The first kappa shape index (κ1) is 9.12. The maximum absolute atomic E-state index is 4.31. The minimum atomic E-state index is 0.984. The summed E-state index contributed by atoms with van der Waals surface area (Å²) in [6, 6.07) is 4.41. The number of hydrogen-bond acceptors (Lipinski definition) is 3. The summed E-state index contributed by atoms with van der Waals surface area (Å²) in [7, 11) is 0. The van der Waals surface area contributed by atoms with E-state index in [4.69, 9.17) is 0 Å². The van der Waals surface area contributed by atoms with E-state index in [1.807, 2.05) is 6.20 Å². The molecule has 0 aromatic carbocycles. The Morgan fingerprint density at radius 3 is 3.20 bits per heavy atom. The average Bonchev–Trinajstić information content (AvgIpc) is 2.83. The predicted molar refractivity (Wildman–Crippen MR) is 62.0 cm³/mol. The van der Waals surface area contributed by atoms with Gasteiger partial charge in [-0.2, -0.15) is 0 Å². The van der Waals surface area contributed by atoms with E-state index in [1.165, 1.54) is 16.3 Å². The maximum atomic E-state index is 4.31. The second kappa shape index (κ2) is 3.47. The number of aryl methyl sites for hydroxylation is 1. The van der Waals surface area contributed by atoms with E-state index in [9.17, 15) is 0 Å². The van der Waals surface area contributed by atoms with Gasteiger partial charge in [-0.15, -0.1) is 11.3 Å². The fourth-order valence-corrected chi connectivity index (χ4v) is 2.84. The summed E-state index contributed by atoms with van der Waals surface area (Å²) >= 11 is 1.77. The molecular formula is C11H13N3S. The van der Waals surface area contributed by atoms with Crippen molar-refractivity contribution < 1.29 is 0 Å². The van der Waals surface area contributed by atoms with Crippen molar-refractivity contribution in [2.45, 2.75) is 20.0 Å². The van der Waals surface area contributed by atoms with Gasteiger partial charge >= 0.3 is 0 Å². The van der Waals surface area contributed by atoms with Crippen molar-refractivity contribution in [1.29, 1.82) is 0 Å². The van der Waals surface area contributed by atoms with Gasteiger partial charge in [-0.25, -0.2) is 4.98 Å². The van der Waals surface area contributed by atoms with Crippen LogP contribution in [0, 0.1) is 6.92 Å². The third-order valence-electron chi connectivity index (χ3n) is 2.76. The number of thiazole rings is 1. The molecule has 4 heteroatoms. The van der Waals surface area contributed by atoms with Crippen molar-refractivity contribution in [2.24, 2.45) is 0 Å². The molecule has 3 heterocycles. The van der Waals surface area contributed by atoms with E-state index in [0.717, 1.165) is 24.6 Å². The summed E-state index contributed by atoms with van der Waals surface area (Å²) in [4.78, 5) is 5.59. The van der Waals surface area contributed by atoms with Crippen LogP contribution in [0.5, 0.6) is 0 Å². The smallest absolute Gasteiger partial charge is 0.0901 e. The Bertz CT molecular complexity index is 484. The van der Waals surface area contributed by atoms with Crippen LogP contribution in [0.4, 0.5) is 0 Å². The summed E-state index contributed by atoms with van der Waals surface area (Å²) in [6.45, 7) is 5.16. The number of fused-ring (bicyclic) bond motifs is 1. The zero-order chi connectivity index (χ0) is 10.3. The number of aromatic nitrogens is 2. The fraction of sp³-hybridized carbons (Fsp3) is 0.364. The standard InChI is InChI=1S/C11H13N3S/c1-8-13-7-11(15-8)10-3-2-9-6-12-4-5-14(9)10/h2-3,7,12H,4-6H2,1H3. The molecule has 3 rings (SSSR count). The number of rotatable bonds is 1. The van der Waals surface area contributed by atoms with Crippen LogP contribution in [0.2, 0.25) is 0 Å². The monoisotopic (exact) mass is 219 g/mol. The lowest BCUT2D eigenvalue weighted by Crippen LogP contribution is -2.27. The molecule has 78 valence electrons. The van der Waals surface area contributed by atoms with Gasteiger partial charge in [0.05, 0.1) is 15.6 Å². The van der Waals surface area contributed by atoms with Gasteiger partial charge in [0, 0.05) is 31.5 Å². The summed E-state index contributed by atoms with van der Waals surface area (Å²) in [5, 5.41) is 4.51. The first-order valence-corrected chi connectivity index (χ1v) is 5.98. The molecule has 1 aliphatic rings. The van der Waals surface area contributed by atoms with E-state index in [0.29, 0.717) is 0 Å². The first-order chi connectivity index (χ1) is 7.34. The average molecular weight is 219 g/mol. The van der Waals surface area contributed by atoms with Crippen LogP contribution >= 0.6 is 11.3 Å². The molecular weight excluding hydrogens is 206 g/mol. The third-order valence-corrected chi connectivity index (χ3v) is 3.70. The van der Waals surface area contributed by atoms with Crippen LogP contribution in [0.3, 0.4) is 0 Å². The van der Waals surface area contributed by atoms with Gasteiger partial charge < -0.3 is 9.88 Å². The highest BCUT2D eigenvalue weighted by Crippen LogP contribution is 2.28. The molecule has 0 bridgehead atoms. The minimum Gasteiger partial charge on any atom is -0.341 e. The molecule has 0 atom stereocenters. The van der Waals surface area contributed by atoms with Gasteiger partial charge in [-0.05, 0) is 19.1 Å². The van der Waals surface area contributed by atoms with E-state index in [2.05, 4.69) is 33.9 Å². The maximum Gasteiger partial charge on any atom is 0.0901 e. The summed E-state index contributed by atoms with van der Waals surface area (Å²) in [5.74, 6) is 0. The fourth-order valence-electron chi connectivity index (χ4n) is 2.03. The summed E-state index contributed by atoms with van der Waals surface area (Å²) < 4.78 is 2.39. The second-order valence-electron chi connectivity index (χ2n) is 3.78. The van der Waals surface area contributed by atoms with Gasteiger partial charge in [-0.1, -0.05) is 0 Å². The largest absolute Gasteiger partial charge is 0.341 e. The molecule has 0 saturated carbocycles. The van der Waals surface area contributed by atoms with Gasteiger partial charge in [0.25, 0.3) is 0 Å². The number of nitrogens with one attached hydrogen (secondary N) is 1. The molecule has 2 aromatic rings. The topological polar surface area (TPSA) is 29.9 Å². The molecule has 0 spiro atoms. The Morgan fingerprint density at radius 2 is 2.40 bits per heavy atom. The summed E-state index contributed by atoms with van der Waals surface area (Å²) in [5.41, 5.74) is 2.69. The number of nitrogens with zero attached hydrogens (tertiary/aromatic N) is 2. The van der Waals surface area contributed by atoms with Crippen molar-refractivity contribution in [3.8, 4) is 10.6 Å². The van der Waals surface area contributed by atoms with Crippen molar-refractivity contribution in [1.82, 2.24) is 14.9 Å². The minimum absolute atomic E-state index is 0.984. The van der Waals surface area contributed by atoms with E-state index in [-0.39, 0.29) is 0 Å². The molecule has 1 N–H and O–H groups in total. The Balaban J connectivity index is 2.08.